The molecule has 1 aliphatic heterocycles. The minimum atomic E-state index is 0.0672. The first kappa shape index (κ1) is 16.8. The summed E-state index contributed by atoms with van der Waals surface area (Å²) in [7, 11) is 0. The first-order chi connectivity index (χ1) is 12.6. The van der Waals surface area contributed by atoms with Crippen molar-refractivity contribution >= 4 is 16.7 Å². The Hall–Kier alpha value is -2.67. The Morgan fingerprint density at radius 2 is 2.23 bits per heavy atom. The fourth-order valence-corrected chi connectivity index (χ4v) is 3.25. The number of pyridine rings is 2. The summed E-state index contributed by atoms with van der Waals surface area (Å²) < 4.78 is 11.7. The minimum Gasteiger partial charge on any atom is -0.490 e. The molecule has 1 aliphatic rings. The van der Waals surface area contributed by atoms with E-state index in [1.807, 2.05) is 32.0 Å². The molecule has 0 aliphatic carbocycles. The number of nitrogens with one attached hydrogen (secondary N) is 1. The molecule has 1 saturated heterocycles. The van der Waals surface area contributed by atoms with Crippen LogP contribution in [0.15, 0.2) is 30.6 Å². The Morgan fingerprint density at radius 1 is 1.35 bits per heavy atom. The van der Waals surface area contributed by atoms with Gasteiger partial charge in [0.15, 0.2) is 0 Å². The molecule has 0 saturated carbocycles. The van der Waals surface area contributed by atoms with Crippen LogP contribution in [0.4, 0.5) is 5.82 Å². The number of hydrogen-bond acceptors (Lipinski definition) is 6. The highest BCUT2D eigenvalue weighted by Crippen LogP contribution is 2.34. The predicted octanol–water partition coefficient (Wildman–Crippen LogP) is 3.03. The van der Waals surface area contributed by atoms with Gasteiger partial charge in [0, 0.05) is 30.4 Å². The number of anilines is 1. The molecule has 0 aromatic carbocycles. The second-order valence-electron chi connectivity index (χ2n) is 6.78. The van der Waals surface area contributed by atoms with Crippen LogP contribution < -0.4 is 9.64 Å². The summed E-state index contributed by atoms with van der Waals surface area (Å²) in [6.45, 7) is 8.39. The number of H-pyrrole nitrogens is 1. The average molecular weight is 353 g/mol. The van der Waals surface area contributed by atoms with E-state index >= 15 is 0 Å². The van der Waals surface area contributed by atoms with Crippen LogP contribution in [-0.4, -0.2) is 52.1 Å². The molecule has 1 fully saturated rings. The van der Waals surface area contributed by atoms with Crippen LogP contribution in [-0.2, 0) is 4.74 Å². The molecule has 0 radical (unpaired) electrons. The van der Waals surface area contributed by atoms with Gasteiger partial charge in [0.1, 0.15) is 28.5 Å². The normalized spacial score (nSPS) is 17.8. The summed E-state index contributed by atoms with van der Waals surface area (Å²) in [5.41, 5.74) is 2.32. The number of nitrogens with zero attached hydrogens (tertiary/aromatic N) is 4. The molecule has 4 rings (SSSR count). The molecule has 7 heteroatoms. The Balaban J connectivity index is 1.91. The Bertz CT molecular complexity index is 894. The molecule has 136 valence electrons. The summed E-state index contributed by atoms with van der Waals surface area (Å²) >= 11 is 0. The summed E-state index contributed by atoms with van der Waals surface area (Å²) in [5, 5.41) is 8.07. The molecular formula is C19H23N5O2. The standard InChI is InChI=1S/C19H23N5O2/c1-12(2)26-16-10-17(24-8-9-25-11-13(24)3)22-18-14(16)4-6-20-19(18)15-5-7-21-23-15/h4-7,10,12-13H,8-9,11H2,1-3H3,(H,21,23). The fourth-order valence-electron chi connectivity index (χ4n) is 3.25. The highest BCUT2D eigenvalue weighted by Gasteiger charge is 2.23. The maximum atomic E-state index is 6.11. The summed E-state index contributed by atoms with van der Waals surface area (Å²) in [5.74, 6) is 1.70. The van der Waals surface area contributed by atoms with Crippen molar-refractivity contribution in [1.29, 1.82) is 0 Å². The van der Waals surface area contributed by atoms with Crippen molar-refractivity contribution in [3.05, 3.63) is 30.6 Å². The molecule has 0 spiro atoms. The van der Waals surface area contributed by atoms with E-state index in [9.17, 15) is 0 Å². The summed E-state index contributed by atoms with van der Waals surface area (Å²) in [6.07, 6.45) is 3.63. The van der Waals surface area contributed by atoms with Crippen molar-refractivity contribution in [3.8, 4) is 17.1 Å². The van der Waals surface area contributed by atoms with Crippen molar-refractivity contribution in [2.45, 2.75) is 32.9 Å². The van der Waals surface area contributed by atoms with Gasteiger partial charge >= 0.3 is 0 Å². The van der Waals surface area contributed by atoms with Gasteiger partial charge in [-0.3, -0.25) is 10.1 Å². The molecule has 4 heterocycles. The molecule has 1 N–H and O–H groups in total. The molecule has 1 atom stereocenters. The third kappa shape index (κ3) is 3.10. The van der Waals surface area contributed by atoms with Crippen LogP contribution in [0.3, 0.4) is 0 Å². The van der Waals surface area contributed by atoms with Gasteiger partial charge in [0.25, 0.3) is 0 Å². The number of aromatic nitrogens is 4. The average Bonchev–Trinajstić information content (AvgIpc) is 3.15. The van der Waals surface area contributed by atoms with Crippen molar-refractivity contribution in [3.63, 3.8) is 0 Å². The highest BCUT2D eigenvalue weighted by molar-refractivity contribution is 5.95. The van der Waals surface area contributed by atoms with E-state index in [1.54, 1.807) is 12.4 Å². The van der Waals surface area contributed by atoms with Crippen LogP contribution in [0, 0.1) is 0 Å². The van der Waals surface area contributed by atoms with Gasteiger partial charge in [-0.15, -0.1) is 0 Å². The quantitative estimate of drug-likeness (QED) is 0.777. The monoisotopic (exact) mass is 353 g/mol. The topological polar surface area (TPSA) is 76.2 Å². The van der Waals surface area contributed by atoms with Gasteiger partial charge in [-0.2, -0.15) is 5.10 Å². The van der Waals surface area contributed by atoms with Crippen molar-refractivity contribution in [1.82, 2.24) is 20.2 Å². The van der Waals surface area contributed by atoms with Crippen molar-refractivity contribution in [2.24, 2.45) is 0 Å². The third-order valence-electron chi connectivity index (χ3n) is 4.44. The molecule has 3 aromatic heterocycles. The van der Waals surface area contributed by atoms with E-state index in [0.717, 1.165) is 40.4 Å². The largest absolute Gasteiger partial charge is 0.490 e. The van der Waals surface area contributed by atoms with E-state index in [1.165, 1.54) is 0 Å². The number of morpholine rings is 1. The van der Waals surface area contributed by atoms with Crippen LogP contribution in [0.5, 0.6) is 5.75 Å². The zero-order valence-electron chi connectivity index (χ0n) is 15.3. The van der Waals surface area contributed by atoms with E-state index in [0.29, 0.717) is 13.2 Å². The molecule has 26 heavy (non-hydrogen) atoms. The van der Waals surface area contributed by atoms with Gasteiger partial charge in [-0.25, -0.2) is 4.98 Å². The molecule has 7 nitrogen and oxygen atoms in total. The lowest BCUT2D eigenvalue weighted by Crippen LogP contribution is -2.44. The Kier molecular flexibility index (Phi) is 4.46. The van der Waals surface area contributed by atoms with Crippen molar-refractivity contribution < 1.29 is 9.47 Å². The maximum Gasteiger partial charge on any atom is 0.133 e. The number of ether oxygens (including phenoxy) is 2. The maximum absolute atomic E-state index is 6.11. The molecule has 0 amide bonds. The first-order valence-corrected chi connectivity index (χ1v) is 8.94. The number of rotatable bonds is 4. The lowest BCUT2D eigenvalue weighted by Gasteiger charge is -2.34. The van der Waals surface area contributed by atoms with E-state index in [4.69, 9.17) is 14.5 Å². The van der Waals surface area contributed by atoms with Crippen molar-refractivity contribution in [2.75, 3.05) is 24.7 Å². The summed E-state index contributed by atoms with van der Waals surface area (Å²) in [6, 6.07) is 6.13. The van der Waals surface area contributed by atoms with Gasteiger partial charge in [-0.05, 0) is 32.9 Å². The summed E-state index contributed by atoms with van der Waals surface area (Å²) in [4.78, 5) is 11.7. The zero-order chi connectivity index (χ0) is 18.1. The predicted molar refractivity (Wildman–Crippen MR) is 101 cm³/mol. The number of hydrogen-bond donors (Lipinski definition) is 1. The smallest absolute Gasteiger partial charge is 0.133 e. The molecular weight excluding hydrogens is 330 g/mol. The van der Waals surface area contributed by atoms with Gasteiger partial charge in [-0.1, -0.05) is 0 Å². The van der Waals surface area contributed by atoms with Crippen LogP contribution in [0.2, 0.25) is 0 Å². The van der Waals surface area contributed by atoms with E-state index < -0.39 is 0 Å². The lowest BCUT2D eigenvalue weighted by molar-refractivity contribution is 0.0985. The highest BCUT2D eigenvalue weighted by atomic mass is 16.5. The second kappa shape index (κ2) is 6.92. The van der Waals surface area contributed by atoms with Gasteiger partial charge in [0.2, 0.25) is 0 Å². The number of aromatic amines is 1. The lowest BCUT2D eigenvalue weighted by atomic mass is 10.1. The first-order valence-electron chi connectivity index (χ1n) is 8.94. The molecule has 1 unspecified atom stereocenters. The SMILES string of the molecule is CC(C)Oc1cc(N2CCOCC2C)nc2c(-c3cc[nH]n3)nccc12. The van der Waals surface area contributed by atoms with Crippen LogP contribution >= 0.6 is 0 Å². The van der Waals surface area contributed by atoms with E-state index in [-0.39, 0.29) is 12.1 Å². The third-order valence-corrected chi connectivity index (χ3v) is 4.44. The second-order valence-corrected chi connectivity index (χ2v) is 6.78. The minimum absolute atomic E-state index is 0.0672. The zero-order valence-corrected chi connectivity index (χ0v) is 15.3. The Labute approximate surface area is 152 Å². The fraction of sp³-hybridized carbons (Fsp3) is 0.421. The number of fused-ring (bicyclic) bond motifs is 1. The molecule has 0 bridgehead atoms. The molecule has 3 aromatic rings. The van der Waals surface area contributed by atoms with Crippen LogP contribution in [0.1, 0.15) is 20.8 Å². The van der Waals surface area contributed by atoms with Gasteiger partial charge < -0.3 is 14.4 Å². The van der Waals surface area contributed by atoms with Gasteiger partial charge in [0.05, 0.1) is 25.4 Å². The Morgan fingerprint density at radius 3 is 2.96 bits per heavy atom. The van der Waals surface area contributed by atoms with E-state index in [2.05, 4.69) is 27.0 Å². The van der Waals surface area contributed by atoms with Crippen LogP contribution in [0.25, 0.3) is 22.3 Å².